The molecule has 2 aliphatic rings. The highest BCUT2D eigenvalue weighted by Crippen LogP contribution is 2.37. The summed E-state index contributed by atoms with van der Waals surface area (Å²) < 4.78 is 5.40. The van der Waals surface area contributed by atoms with E-state index in [2.05, 4.69) is 14.9 Å². The third-order valence-corrected chi connectivity index (χ3v) is 4.83. The van der Waals surface area contributed by atoms with Crippen molar-refractivity contribution in [2.24, 2.45) is 11.8 Å². The van der Waals surface area contributed by atoms with Crippen molar-refractivity contribution in [3.8, 4) is 0 Å². The van der Waals surface area contributed by atoms with Gasteiger partial charge in [-0.25, -0.2) is 9.97 Å². The van der Waals surface area contributed by atoms with E-state index in [0.29, 0.717) is 24.9 Å². The zero-order valence-electron chi connectivity index (χ0n) is 12.9. The number of nitrogen functional groups attached to an aromatic ring is 1. The molecule has 5 nitrogen and oxygen atoms in total. The molecule has 1 saturated carbocycles. The molecular weight excluding hydrogens is 264 g/mol. The summed E-state index contributed by atoms with van der Waals surface area (Å²) in [6, 6.07) is 1.90. The average Bonchev–Trinajstić information content (AvgIpc) is 2.52. The number of piperidine rings is 1. The molecule has 1 aliphatic heterocycles. The molecule has 1 aliphatic carbocycles. The second-order valence-corrected chi connectivity index (χ2v) is 6.24. The predicted molar refractivity (Wildman–Crippen MR) is 84.1 cm³/mol. The van der Waals surface area contributed by atoms with E-state index >= 15 is 0 Å². The van der Waals surface area contributed by atoms with Gasteiger partial charge in [0.05, 0.1) is 0 Å². The molecule has 2 unspecified atom stereocenters. The average molecular weight is 290 g/mol. The van der Waals surface area contributed by atoms with Gasteiger partial charge in [0, 0.05) is 25.8 Å². The SMILES string of the molecule is CCOCc1nc(N)cc(N2CCC3CCCCC3C2)n1. The Morgan fingerprint density at radius 3 is 2.86 bits per heavy atom. The third-order valence-electron chi connectivity index (χ3n) is 4.83. The van der Waals surface area contributed by atoms with Crippen molar-refractivity contribution < 1.29 is 4.74 Å². The van der Waals surface area contributed by atoms with E-state index in [-0.39, 0.29) is 0 Å². The van der Waals surface area contributed by atoms with Crippen molar-refractivity contribution in [3.63, 3.8) is 0 Å². The fraction of sp³-hybridized carbons (Fsp3) is 0.750. The number of ether oxygens (including phenoxy) is 1. The summed E-state index contributed by atoms with van der Waals surface area (Å²) in [4.78, 5) is 11.3. The molecule has 0 spiro atoms. The van der Waals surface area contributed by atoms with Crippen LogP contribution in [0.1, 0.15) is 44.9 Å². The maximum Gasteiger partial charge on any atom is 0.158 e. The Bertz CT molecular complexity index is 479. The minimum atomic E-state index is 0.439. The standard InChI is InChI=1S/C16H26N4O/c1-2-21-11-15-18-14(17)9-16(19-15)20-8-7-12-5-3-4-6-13(12)10-20/h9,12-13H,2-8,10-11H2,1H3,(H2,17,18,19). The molecule has 21 heavy (non-hydrogen) atoms. The summed E-state index contributed by atoms with van der Waals surface area (Å²) in [5.41, 5.74) is 5.94. The van der Waals surface area contributed by atoms with E-state index in [0.717, 1.165) is 30.7 Å². The van der Waals surface area contributed by atoms with Gasteiger partial charge in [0.2, 0.25) is 0 Å². The van der Waals surface area contributed by atoms with Gasteiger partial charge in [-0.2, -0.15) is 0 Å². The van der Waals surface area contributed by atoms with Crippen LogP contribution in [0.3, 0.4) is 0 Å². The van der Waals surface area contributed by atoms with E-state index < -0.39 is 0 Å². The highest BCUT2D eigenvalue weighted by atomic mass is 16.5. The molecule has 2 heterocycles. The number of hydrogen-bond acceptors (Lipinski definition) is 5. The van der Waals surface area contributed by atoms with Crippen molar-refractivity contribution in [2.45, 2.75) is 45.6 Å². The molecule has 2 fully saturated rings. The van der Waals surface area contributed by atoms with E-state index in [9.17, 15) is 0 Å². The lowest BCUT2D eigenvalue weighted by atomic mass is 9.75. The van der Waals surface area contributed by atoms with Crippen LogP contribution in [0.5, 0.6) is 0 Å². The van der Waals surface area contributed by atoms with Gasteiger partial charge in [-0.3, -0.25) is 0 Å². The lowest BCUT2D eigenvalue weighted by Gasteiger charge is -2.41. The second-order valence-electron chi connectivity index (χ2n) is 6.24. The monoisotopic (exact) mass is 290 g/mol. The van der Waals surface area contributed by atoms with Crippen molar-refractivity contribution in [2.75, 3.05) is 30.3 Å². The first-order chi connectivity index (χ1) is 10.3. The Morgan fingerprint density at radius 2 is 2.05 bits per heavy atom. The molecule has 1 saturated heterocycles. The highest BCUT2D eigenvalue weighted by molar-refractivity contribution is 5.47. The number of fused-ring (bicyclic) bond motifs is 1. The quantitative estimate of drug-likeness (QED) is 0.923. The van der Waals surface area contributed by atoms with Gasteiger partial charge in [-0.1, -0.05) is 19.3 Å². The van der Waals surface area contributed by atoms with Crippen molar-refractivity contribution in [1.82, 2.24) is 9.97 Å². The van der Waals surface area contributed by atoms with Crippen LogP contribution in [0.4, 0.5) is 11.6 Å². The van der Waals surface area contributed by atoms with Crippen LogP contribution in [0.25, 0.3) is 0 Å². The molecule has 1 aromatic rings. The molecule has 0 amide bonds. The molecule has 1 aromatic heterocycles. The summed E-state index contributed by atoms with van der Waals surface area (Å²) in [6.07, 6.45) is 6.87. The number of aromatic nitrogens is 2. The Morgan fingerprint density at radius 1 is 1.24 bits per heavy atom. The summed E-state index contributed by atoms with van der Waals surface area (Å²) in [7, 11) is 0. The zero-order chi connectivity index (χ0) is 14.7. The fourth-order valence-electron chi connectivity index (χ4n) is 3.73. The third kappa shape index (κ3) is 3.46. The Balaban J connectivity index is 1.72. The molecule has 5 heteroatoms. The number of nitrogens with zero attached hydrogens (tertiary/aromatic N) is 3. The van der Waals surface area contributed by atoms with Gasteiger partial charge in [-0.05, 0) is 31.6 Å². The van der Waals surface area contributed by atoms with Crippen molar-refractivity contribution in [1.29, 1.82) is 0 Å². The summed E-state index contributed by atoms with van der Waals surface area (Å²) in [5, 5.41) is 0. The molecule has 2 N–H and O–H groups in total. The summed E-state index contributed by atoms with van der Waals surface area (Å²) >= 11 is 0. The number of nitrogens with two attached hydrogens (primary N) is 1. The van der Waals surface area contributed by atoms with Crippen molar-refractivity contribution >= 4 is 11.6 Å². The Kier molecular flexibility index (Phi) is 4.58. The van der Waals surface area contributed by atoms with Crippen LogP contribution < -0.4 is 10.6 Å². The van der Waals surface area contributed by atoms with Crippen molar-refractivity contribution in [3.05, 3.63) is 11.9 Å². The lowest BCUT2D eigenvalue weighted by molar-refractivity contribution is 0.128. The number of rotatable bonds is 4. The first-order valence-corrected chi connectivity index (χ1v) is 8.22. The largest absolute Gasteiger partial charge is 0.384 e. The van der Waals surface area contributed by atoms with Crippen LogP contribution in [0.15, 0.2) is 6.07 Å². The molecule has 0 bridgehead atoms. The molecule has 0 aromatic carbocycles. The van der Waals surface area contributed by atoms with Gasteiger partial charge in [0.15, 0.2) is 5.82 Å². The Labute approximate surface area is 126 Å². The van der Waals surface area contributed by atoms with Gasteiger partial charge >= 0.3 is 0 Å². The first-order valence-electron chi connectivity index (χ1n) is 8.22. The van der Waals surface area contributed by atoms with Crippen LogP contribution in [0.2, 0.25) is 0 Å². The minimum absolute atomic E-state index is 0.439. The fourth-order valence-corrected chi connectivity index (χ4v) is 3.73. The highest BCUT2D eigenvalue weighted by Gasteiger charge is 2.31. The van der Waals surface area contributed by atoms with E-state index in [1.807, 2.05) is 13.0 Å². The van der Waals surface area contributed by atoms with Gasteiger partial charge in [0.25, 0.3) is 0 Å². The van der Waals surface area contributed by atoms with E-state index in [1.54, 1.807) is 0 Å². The Hall–Kier alpha value is -1.36. The molecule has 2 atom stereocenters. The van der Waals surface area contributed by atoms with Crippen LogP contribution >= 0.6 is 0 Å². The second kappa shape index (κ2) is 6.60. The maximum atomic E-state index is 5.94. The summed E-state index contributed by atoms with van der Waals surface area (Å²) in [6.45, 7) is 5.29. The topological polar surface area (TPSA) is 64.3 Å². The number of anilines is 2. The van der Waals surface area contributed by atoms with Gasteiger partial charge in [-0.15, -0.1) is 0 Å². The van der Waals surface area contributed by atoms with Crippen LogP contribution in [-0.4, -0.2) is 29.7 Å². The lowest BCUT2D eigenvalue weighted by Crippen LogP contribution is -2.42. The number of hydrogen-bond donors (Lipinski definition) is 1. The van der Waals surface area contributed by atoms with Gasteiger partial charge < -0.3 is 15.4 Å². The van der Waals surface area contributed by atoms with Crippen LogP contribution in [-0.2, 0) is 11.3 Å². The molecular formula is C16H26N4O. The minimum Gasteiger partial charge on any atom is -0.384 e. The summed E-state index contributed by atoms with van der Waals surface area (Å²) in [5.74, 6) is 3.97. The predicted octanol–water partition coefficient (Wildman–Crippen LogP) is 2.61. The smallest absolute Gasteiger partial charge is 0.158 e. The molecule has 3 rings (SSSR count). The van der Waals surface area contributed by atoms with Crippen LogP contribution in [0, 0.1) is 11.8 Å². The normalized spacial score (nSPS) is 25.7. The van der Waals surface area contributed by atoms with E-state index in [1.165, 1.54) is 32.1 Å². The van der Waals surface area contributed by atoms with E-state index in [4.69, 9.17) is 10.5 Å². The molecule has 116 valence electrons. The van der Waals surface area contributed by atoms with Gasteiger partial charge in [0.1, 0.15) is 18.2 Å². The zero-order valence-corrected chi connectivity index (χ0v) is 12.9. The first kappa shape index (κ1) is 14.6. The maximum absolute atomic E-state index is 5.94. The molecule has 0 radical (unpaired) electrons.